The molecule has 1 aliphatic heterocycles. The minimum Gasteiger partial charge on any atom is -0.496 e. The van der Waals surface area contributed by atoms with Crippen molar-refractivity contribution in [1.82, 2.24) is 4.98 Å². The van der Waals surface area contributed by atoms with Gasteiger partial charge in [-0.15, -0.1) is 0 Å². The second kappa shape index (κ2) is 5.85. The van der Waals surface area contributed by atoms with Crippen LogP contribution in [0, 0.1) is 0 Å². The molecule has 2 heterocycles. The number of primary amides is 1. The van der Waals surface area contributed by atoms with Gasteiger partial charge in [0.1, 0.15) is 11.6 Å². The molecule has 0 aliphatic carbocycles. The van der Waals surface area contributed by atoms with E-state index in [4.69, 9.17) is 22.1 Å². The van der Waals surface area contributed by atoms with Crippen molar-refractivity contribution in [2.75, 3.05) is 18.6 Å². The van der Waals surface area contributed by atoms with Crippen LogP contribution in [0.5, 0.6) is 5.75 Å². The maximum Gasteiger partial charge on any atom is 0.250 e. The molecular formula is C16H16ClN3O2. The lowest BCUT2D eigenvalue weighted by molar-refractivity contribution is 0.1000. The number of hydrogen-bond acceptors (Lipinski definition) is 4. The fourth-order valence-electron chi connectivity index (χ4n) is 2.74. The topological polar surface area (TPSA) is 68.4 Å². The van der Waals surface area contributed by atoms with Gasteiger partial charge in [-0.1, -0.05) is 23.7 Å². The second-order valence-corrected chi connectivity index (χ2v) is 5.57. The highest BCUT2D eigenvalue weighted by Crippen LogP contribution is 2.32. The van der Waals surface area contributed by atoms with Gasteiger partial charge in [0.2, 0.25) is 5.91 Å². The Balaban J connectivity index is 1.90. The third-order valence-electron chi connectivity index (χ3n) is 3.85. The van der Waals surface area contributed by atoms with Crippen molar-refractivity contribution in [3.05, 3.63) is 52.2 Å². The predicted molar refractivity (Wildman–Crippen MR) is 85.5 cm³/mol. The summed E-state index contributed by atoms with van der Waals surface area (Å²) in [4.78, 5) is 17.6. The second-order valence-electron chi connectivity index (χ2n) is 5.16. The van der Waals surface area contributed by atoms with Crippen LogP contribution in [-0.4, -0.2) is 24.5 Å². The van der Waals surface area contributed by atoms with Crippen LogP contribution in [0.15, 0.2) is 30.5 Å². The van der Waals surface area contributed by atoms with Gasteiger partial charge in [0.25, 0.3) is 0 Å². The smallest absolute Gasteiger partial charge is 0.250 e. The van der Waals surface area contributed by atoms with E-state index in [-0.39, 0.29) is 0 Å². The fraction of sp³-hybridized carbons (Fsp3) is 0.250. The van der Waals surface area contributed by atoms with Crippen LogP contribution in [-0.2, 0) is 13.0 Å². The molecule has 0 spiro atoms. The Kier molecular flexibility index (Phi) is 3.90. The van der Waals surface area contributed by atoms with Gasteiger partial charge in [0, 0.05) is 24.8 Å². The van der Waals surface area contributed by atoms with Crippen molar-refractivity contribution in [2.45, 2.75) is 13.0 Å². The van der Waals surface area contributed by atoms with Gasteiger partial charge in [-0.25, -0.2) is 4.98 Å². The standard InChI is InChI=1S/C16H16ClN3O2/c1-22-14-4-2-3-10-9-20(6-5-12(10)14)16-13(17)7-11(8-19-16)15(18)21/h2-4,7-8H,5-6,9H2,1H3,(H2,18,21). The van der Waals surface area contributed by atoms with E-state index < -0.39 is 5.91 Å². The number of halogens is 1. The SMILES string of the molecule is COc1cccc2c1CCN(c1ncc(C(N)=O)cc1Cl)C2. The average Bonchev–Trinajstić information content (AvgIpc) is 2.53. The number of fused-ring (bicyclic) bond motifs is 1. The van der Waals surface area contributed by atoms with Crippen molar-refractivity contribution in [1.29, 1.82) is 0 Å². The summed E-state index contributed by atoms with van der Waals surface area (Å²) in [7, 11) is 1.68. The lowest BCUT2D eigenvalue weighted by Crippen LogP contribution is -2.31. The number of carbonyl (C=O) groups excluding carboxylic acids is 1. The van der Waals surface area contributed by atoms with Gasteiger partial charge >= 0.3 is 0 Å². The Morgan fingerprint density at radius 1 is 1.45 bits per heavy atom. The highest BCUT2D eigenvalue weighted by atomic mass is 35.5. The zero-order chi connectivity index (χ0) is 15.7. The van der Waals surface area contributed by atoms with E-state index in [1.54, 1.807) is 13.2 Å². The first kappa shape index (κ1) is 14.7. The Morgan fingerprint density at radius 3 is 2.95 bits per heavy atom. The molecule has 0 radical (unpaired) electrons. The molecule has 22 heavy (non-hydrogen) atoms. The van der Waals surface area contributed by atoms with Crippen LogP contribution in [0.4, 0.5) is 5.82 Å². The lowest BCUT2D eigenvalue weighted by atomic mass is 9.98. The van der Waals surface area contributed by atoms with Gasteiger partial charge in [-0.05, 0) is 24.1 Å². The number of aromatic nitrogens is 1. The van der Waals surface area contributed by atoms with Crippen LogP contribution in [0.1, 0.15) is 21.5 Å². The summed E-state index contributed by atoms with van der Waals surface area (Å²) in [5.41, 5.74) is 7.98. The molecule has 0 saturated heterocycles. The van der Waals surface area contributed by atoms with E-state index in [2.05, 4.69) is 16.0 Å². The number of nitrogens with zero attached hydrogens (tertiary/aromatic N) is 2. The maximum absolute atomic E-state index is 11.2. The Bertz CT molecular complexity index is 733. The minimum atomic E-state index is -0.533. The van der Waals surface area contributed by atoms with Crippen molar-refractivity contribution in [3.8, 4) is 5.75 Å². The fourth-order valence-corrected chi connectivity index (χ4v) is 3.03. The van der Waals surface area contributed by atoms with E-state index in [0.717, 1.165) is 18.7 Å². The molecule has 0 fully saturated rings. The third kappa shape index (κ3) is 2.60. The molecule has 0 unspecified atom stereocenters. The number of methoxy groups -OCH3 is 1. The van der Waals surface area contributed by atoms with Crippen molar-refractivity contribution in [3.63, 3.8) is 0 Å². The van der Waals surface area contributed by atoms with E-state index in [1.807, 2.05) is 12.1 Å². The van der Waals surface area contributed by atoms with E-state index in [9.17, 15) is 4.79 Å². The maximum atomic E-state index is 11.2. The molecule has 1 amide bonds. The average molecular weight is 318 g/mol. The summed E-state index contributed by atoms with van der Waals surface area (Å²) in [6.07, 6.45) is 2.32. The van der Waals surface area contributed by atoms with Crippen LogP contribution in [0.25, 0.3) is 0 Å². The molecule has 5 nitrogen and oxygen atoms in total. The lowest BCUT2D eigenvalue weighted by Gasteiger charge is -2.31. The third-order valence-corrected chi connectivity index (χ3v) is 4.13. The number of nitrogens with two attached hydrogens (primary N) is 1. The molecular weight excluding hydrogens is 302 g/mol. The monoisotopic (exact) mass is 317 g/mol. The molecule has 2 N–H and O–H groups in total. The van der Waals surface area contributed by atoms with Crippen LogP contribution in [0.2, 0.25) is 5.02 Å². The number of benzene rings is 1. The van der Waals surface area contributed by atoms with Crippen molar-refractivity contribution >= 4 is 23.3 Å². The van der Waals surface area contributed by atoms with Crippen molar-refractivity contribution < 1.29 is 9.53 Å². The number of carbonyl (C=O) groups is 1. The molecule has 0 atom stereocenters. The highest BCUT2D eigenvalue weighted by Gasteiger charge is 2.22. The largest absolute Gasteiger partial charge is 0.496 e. The van der Waals surface area contributed by atoms with E-state index >= 15 is 0 Å². The van der Waals surface area contributed by atoms with Crippen LogP contribution >= 0.6 is 11.6 Å². The Morgan fingerprint density at radius 2 is 2.27 bits per heavy atom. The Hall–Kier alpha value is -2.27. The van der Waals surface area contributed by atoms with Gasteiger partial charge in [-0.3, -0.25) is 4.79 Å². The number of rotatable bonds is 3. The molecule has 2 aromatic rings. The molecule has 0 bridgehead atoms. The van der Waals surface area contributed by atoms with Gasteiger partial charge < -0.3 is 15.4 Å². The minimum absolute atomic E-state index is 0.313. The molecule has 1 aromatic heterocycles. The van der Waals surface area contributed by atoms with Crippen molar-refractivity contribution in [2.24, 2.45) is 5.73 Å². The number of pyridine rings is 1. The van der Waals surface area contributed by atoms with Gasteiger partial charge in [0.05, 0.1) is 17.7 Å². The molecule has 3 rings (SSSR count). The van der Waals surface area contributed by atoms with E-state index in [0.29, 0.717) is 22.9 Å². The summed E-state index contributed by atoms with van der Waals surface area (Å²) in [6, 6.07) is 7.59. The summed E-state index contributed by atoms with van der Waals surface area (Å²) in [5, 5.41) is 0.433. The summed E-state index contributed by atoms with van der Waals surface area (Å²) < 4.78 is 5.41. The summed E-state index contributed by atoms with van der Waals surface area (Å²) in [5.74, 6) is 1.05. The highest BCUT2D eigenvalue weighted by molar-refractivity contribution is 6.33. The first-order valence-electron chi connectivity index (χ1n) is 6.95. The number of ether oxygens (including phenoxy) is 1. The molecule has 1 aliphatic rings. The predicted octanol–water partition coefficient (Wildman–Crippen LogP) is 2.41. The molecule has 114 valence electrons. The normalized spacial score (nSPS) is 13.6. The summed E-state index contributed by atoms with van der Waals surface area (Å²) in [6.45, 7) is 1.49. The molecule has 6 heteroatoms. The molecule has 0 saturated carbocycles. The summed E-state index contributed by atoms with van der Waals surface area (Å²) >= 11 is 6.26. The molecule has 1 aromatic carbocycles. The van der Waals surface area contributed by atoms with Gasteiger partial charge in [-0.2, -0.15) is 0 Å². The number of amides is 1. The van der Waals surface area contributed by atoms with E-state index in [1.165, 1.54) is 17.3 Å². The Labute approximate surface area is 133 Å². The van der Waals surface area contributed by atoms with Crippen LogP contribution in [0.3, 0.4) is 0 Å². The first-order chi connectivity index (χ1) is 10.6. The van der Waals surface area contributed by atoms with Crippen LogP contribution < -0.4 is 15.4 Å². The first-order valence-corrected chi connectivity index (χ1v) is 7.33. The van der Waals surface area contributed by atoms with Gasteiger partial charge in [0.15, 0.2) is 0 Å². The zero-order valence-corrected chi connectivity index (χ0v) is 12.9. The quantitative estimate of drug-likeness (QED) is 0.944. The number of hydrogen-bond donors (Lipinski definition) is 1. The zero-order valence-electron chi connectivity index (χ0n) is 12.2. The number of anilines is 1.